The molecule has 0 aliphatic carbocycles. The van der Waals surface area contributed by atoms with Crippen LogP contribution in [0.2, 0.25) is 0 Å². The highest BCUT2D eigenvalue weighted by atomic mass is 32.2. The van der Waals surface area contributed by atoms with Crippen molar-refractivity contribution >= 4 is 16.0 Å². The molecular weight excluding hydrogens is 371 g/mol. The van der Waals surface area contributed by atoms with Crippen LogP contribution in [-0.2, 0) is 16.6 Å². The Labute approximate surface area is 161 Å². The molecule has 1 fully saturated rings. The van der Waals surface area contributed by atoms with Gasteiger partial charge in [0.15, 0.2) is 17.5 Å². The van der Waals surface area contributed by atoms with E-state index < -0.39 is 10.0 Å². The fourth-order valence-electron chi connectivity index (χ4n) is 2.96. The van der Waals surface area contributed by atoms with Gasteiger partial charge in [-0.15, -0.1) is 0 Å². The van der Waals surface area contributed by atoms with E-state index in [0.29, 0.717) is 32.2 Å². The SMILES string of the molecule is CCOc1ccc(CNC(=NC)NC2CCN(S(=O)(=O)CC)CC2)cc1F. The topological polar surface area (TPSA) is 83.0 Å². The van der Waals surface area contributed by atoms with Crippen molar-refractivity contribution in [1.82, 2.24) is 14.9 Å². The van der Waals surface area contributed by atoms with E-state index in [1.165, 1.54) is 6.07 Å². The fraction of sp³-hybridized carbons (Fsp3) is 0.611. The molecular formula is C18H29FN4O3S. The second kappa shape index (κ2) is 9.89. The van der Waals surface area contributed by atoms with Crippen molar-refractivity contribution in [2.24, 2.45) is 4.99 Å². The zero-order valence-corrected chi connectivity index (χ0v) is 17.0. The number of aliphatic imine (C=N–C) groups is 1. The second-order valence-electron chi connectivity index (χ2n) is 6.34. The molecule has 1 aromatic carbocycles. The molecule has 1 saturated heterocycles. The molecule has 9 heteroatoms. The highest BCUT2D eigenvalue weighted by Gasteiger charge is 2.26. The summed E-state index contributed by atoms with van der Waals surface area (Å²) in [6, 6.07) is 5.02. The molecule has 0 radical (unpaired) electrons. The van der Waals surface area contributed by atoms with E-state index in [0.717, 1.165) is 18.4 Å². The van der Waals surface area contributed by atoms with E-state index in [1.54, 1.807) is 24.3 Å². The van der Waals surface area contributed by atoms with Gasteiger partial charge in [0.1, 0.15) is 0 Å². The first-order chi connectivity index (χ1) is 12.9. The van der Waals surface area contributed by atoms with Gasteiger partial charge in [0, 0.05) is 32.7 Å². The number of piperidine rings is 1. The van der Waals surface area contributed by atoms with Gasteiger partial charge in [-0.1, -0.05) is 6.07 Å². The molecule has 0 unspecified atom stereocenters. The lowest BCUT2D eigenvalue weighted by molar-refractivity contribution is 0.306. The summed E-state index contributed by atoms with van der Waals surface area (Å²) >= 11 is 0. The van der Waals surface area contributed by atoms with Crippen LogP contribution in [0.5, 0.6) is 5.75 Å². The third-order valence-electron chi connectivity index (χ3n) is 4.53. The monoisotopic (exact) mass is 400 g/mol. The maximum Gasteiger partial charge on any atom is 0.213 e. The van der Waals surface area contributed by atoms with Gasteiger partial charge in [-0.3, -0.25) is 4.99 Å². The van der Waals surface area contributed by atoms with E-state index in [2.05, 4.69) is 15.6 Å². The van der Waals surface area contributed by atoms with E-state index in [1.807, 2.05) is 13.0 Å². The maximum absolute atomic E-state index is 13.9. The number of nitrogens with zero attached hydrogens (tertiary/aromatic N) is 2. The van der Waals surface area contributed by atoms with E-state index in [4.69, 9.17) is 4.74 Å². The summed E-state index contributed by atoms with van der Waals surface area (Å²) in [7, 11) is -1.45. The third kappa shape index (κ3) is 6.07. The minimum atomic E-state index is -3.12. The standard InChI is InChI=1S/C18H29FN4O3S/c1-4-26-17-7-6-14(12-16(17)19)13-21-18(20-3)22-15-8-10-23(11-9-15)27(24,25)5-2/h6-7,12,15H,4-5,8-11,13H2,1-3H3,(H2,20,21,22). The normalized spacial score (nSPS) is 17.0. The minimum Gasteiger partial charge on any atom is -0.491 e. The zero-order chi connectivity index (χ0) is 19.9. The average molecular weight is 401 g/mol. The number of benzene rings is 1. The number of rotatable bonds is 7. The summed E-state index contributed by atoms with van der Waals surface area (Å²) in [5, 5.41) is 6.48. The van der Waals surface area contributed by atoms with Crippen LogP contribution < -0.4 is 15.4 Å². The second-order valence-corrected chi connectivity index (χ2v) is 8.60. The molecule has 1 heterocycles. The van der Waals surface area contributed by atoms with Crippen LogP contribution in [0, 0.1) is 5.82 Å². The maximum atomic E-state index is 13.9. The number of halogens is 1. The Balaban J connectivity index is 1.84. The molecule has 27 heavy (non-hydrogen) atoms. The lowest BCUT2D eigenvalue weighted by atomic mass is 10.1. The van der Waals surface area contributed by atoms with E-state index >= 15 is 0 Å². The molecule has 0 atom stereocenters. The van der Waals surface area contributed by atoms with E-state index in [9.17, 15) is 12.8 Å². The van der Waals surface area contributed by atoms with Crippen LogP contribution in [-0.4, -0.2) is 57.2 Å². The molecule has 7 nitrogen and oxygen atoms in total. The summed E-state index contributed by atoms with van der Waals surface area (Å²) in [5.74, 6) is 0.606. The summed E-state index contributed by atoms with van der Waals surface area (Å²) in [4.78, 5) is 4.19. The van der Waals surface area contributed by atoms with Crippen molar-refractivity contribution in [1.29, 1.82) is 0 Å². The first kappa shape index (κ1) is 21.4. The van der Waals surface area contributed by atoms with Gasteiger partial charge in [0.05, 0.1) is 12.4 Å². The van der Waals surface area contributed by atoms with Gasteiger partial charge in [-0.25, -0.2) is 17.1 Å². The molecule has 2 rings (SSSR count). The minimum absolute atomic E-state index is 0.132. The van der Waals surface area contributed by atoms with Crippen LogP contribution in [0.4, 0.5) is 4.39 Å². The predicted molar refractivity (Wildman–Crippen MR) is 105 cm³/mol. The predicted octanol–water partition coefficient (Wildman–Crippen LogP) is 1.70. The number of hydrogen-bond donors (Lipinski definition) is 2. The van der Waals surface area contributed by atoms with Crippen LogP contribution in [0.3, 0.4) is 0 Å². The summed E-state index contributed by atoms with van der Waals surface area (Å²) in [5.41, 5.74) is 0.780. The van der Waals surface area contributed by atoms with Crippen molar-refractivity contribution in [3.8, 4) is 5.75 Å². The quantitative estimate of drug-likeness (QED) is 0.538. The van der Waals surface area contributed by atoms with Gasteiger partial charge in [0.2, 0.25) is 10.0 Å². The number of guanidine groups is 1. The average Bonchev–Trinajstić information content (AvgIpc) is 2.67. The fourth-order valence-corrected chi connectivity index (χ4v) is 4.09. The number of nitrogens with one attached hydrogen (secondary N) is 2. The summed E-state index contributed by atoms with van der Waals surface area (Å²) in [6.45, 7) is 5.33. The Morgan fingerprint density at radius 2 is 2.04 bits per heavy atom. The van der Waals surface area contributed by atoms with Crippen molar-refractivity contribution in [3.05, 3.63) is 29.6 Å². The molecule has 0 spiro atoms. The number of sulfonamides is 1. The number of ether oxygens (including phenoxy) is 1. The van der Waals surface area contributed by atoms with Crippen molar-refractivity contribution in [3.63, 3.8) is 0 Å². The smallest absolute Gasteiger partial charge is 0.213 e. The molecule has 1 aromatic rings. The molecule has 152 valence electrons. The molecule has 0 aromatic heterocycles. The molecule has 0 amide bonds. The Kier molecular flexibility index (Phi) is 7.85. The van der Waals surface area contributed by atoms with Gasteiger partial charge in [-0.2, -0.15) is 0 Å². The summed E-state index contributed by atoms with van der Waals surface area (Å²) < 4.78 is 44.5. The molecule has 1 aliphatic rings. The Bertz CT molecular complexity index is 747. The van der Waals surface area contributed by atoms with Gasteiger partial charge >= 0.3 is 0 Å². The van der Waals surface area contributed by atoms with Crippen LogP contribution in [0.1, 0.15) is 32.3 Å². The van der Waals surface area contributed by atoms with Gasteiger partial charge in [0.25, 0.3) is 0 Å². The highest BCUT2D eigenvalue weighted by Crippen LogP contribution is 2.18. The molecule has 1 aliphatic heterocycles. The highest BCUT2D eigenvalue weighted by molar-refractivity contribution is 7.89. The Hall–Kier alpha value is -1.87. The van der Waals surface area contributed by atoms with Gasteiger partial charge in [-0.05, 0) is 44.4 Å². The number of hydrogen-bond acceptors (Lipinski definition) is 4. The molecule has 0 bridgehead atoms. The van der Waals surface area contributed by atoms with Crippen molar-refractivity contribution in [2.45, 2.75) is 39.3 Å². The first-order valence-corrected chi connectivity index (χ1v) is 10.9. The molecule has 2 N–H and O–H groups in total. The van der Waals surface area contributed by atoms with Crippen LogP contribution >= 0.6 is 0 Å². The van der Waals surface area contributed by atoms with Crippen molar-refractivity contribution in [2.75, 3.05) is 32.5 Å². The lowest BCUT2D eigenvalue weighted by Crippen LogP contribution is -2.49. The van der Waals surface area contributed by atoms with E-state index in [-0.39, 0.29) is 23.4 Å². The largest absolute Gasteiger partial charge is 0.491 e. The first-order valence-electron chi connectivity index (χ1n) is 9.25. The van der Waals surface area contributed by atoms with Crippen LogP contribution in [0.15, 0.2) is 23.2 Å². The van der Waals surface area contributed by atoms with Crippen molar-refractivity contribution < 1.29 is 17.5 Å². The Morgan fingerprint density at radius 1 is 1.33 bits per heavy atom. The summed E-state index contributed by atoms with van der Waals surface area (Å²) in [6.07, 6.45) is 1.44. The van der Waals surface area contributed by atoms with Gasteiger partial charge < -0.3 is 15.4 Å². The third-order valence-corrected chi connectivity index (χ3v) is 6.41. The zero-order valence-electron chi connectivity index (χ0n) is 16.2. The molecule has 0 saturated carbocycles. The Morgan fingerprint density at radius 3 is 2.59 bits per heavy atom. The lowest BCUT2D eigenvalue weighted by Gasteiger charge is -2.32. The van der Waals surface area contributed by atoms with Crippen LogP contribution in [0.25, 0.3) is 0 Å².